The lowest BCUT2D eigenvalue weighted by molar-refractivity contribution is -0.138. The van der Waals surface area contributed by atoms with Gasteiger partial charge in [0.1, 0.15) is 11.6 Å². The van der Waals surface area contributed by atoms with E-state index in [0.717, 1.165) is 15.2 Å². The summed E-state index contributed by atoms with van der Waals surface area (Å²) >= 11 is 2.22. The predicted octanol–water partition coefficient (Wildman–Crippen LogP) is 1.91. The van der Waals surface area contributed by atoms with E-state index in [-0.39, 0.29) is 43.9 Å². The highest BCUT2D eigenvalue weighted by molar-refractivity contribution is 14.1. The minimum absolute atomic E-state index is 0.0134. The van der Waals surface area contributed by atoms with Gasteiger partial charge in [0, 0.05) is 42.4 Å². The Kier molecular flexibility index (Phi) is 9.96. The maximum absolute atomic E-state index is 13.7. The number of aliphatic hydroxyl groups excluding tert-OH is 1. The standard InChI is InChI=1S/C25H31F2IN4O3/c1-16-13-32(15-25(35)31(16)2)14-24(34)30-22(9-18-6-19(26)10-20(27)7-18)23(33)12-29-11-17-4-3-5-21(28)8-17/h3-8,10,16,22-23,29,33H,9,11-15H2,1-2H3,(H,30,34)/t16-,22-,23+/m0/s1. The molecule has 0 saturated carbocycles. The number of nitrogens with zero attached hydrogens (tertiary/aromatic N) is 2. The number of halogens is 3. The Morgan fingerprint density at radius 3 is 2.57 bits per heavy atom. The molecule has 0 aromatic heterocycles. The third-order valence-electron chi connectivity index (χ3n) is 6.06. The van der Waals surface area contributed by atoms with E-state index in [1.165, 1.54) is 12.1 Å². The van der Waals surface area contributed by atoms with Crippen LogP contribution in [-0.2, 0) is 22.6 Å². The molecule has 0 aliphatic carbocycles. The summed E-state index contributed by atoms with van der Waals surface area (Å²) in [5.41, 5.74) is 1.37. The van der Waals surface area contributed by atoms with E-state index < -0.39 is 23.8 Å². The lowest BCUT2D eigenvalue weighted by atomic mass is 10.0. The molecule has 2 aromatic carbocycles. The van der Waals surface area contributed by atoms with Crippen LogP contribution in [0.3, 0.4) is 0 Å². The number of carbonyl (C=O) groups is 2. The van der Waals surface area contributed by atoms with E-state index in [1.807, 2.05) is 31.2 Å². The van der Waals surface area contributed by atoms with Crippen LogP contribution in [0.5, 0.6) is 0 Å². The number of amides is 2. The van der Waals surface area contributed by atoms with Crippen LogP contribution >= 0.6 is 22.6 Å². The van der Waals surface area contributed by atoms with Gasteiger partial charge in [-0.15, -0.1) is 0 Å². The maximum atomic E-state index is 13.7. The third-order valence-corrected chi connectivity index (χ3v) is 6.73. The molecule has 3 atom stereocenters. The van der Waals surface area contributed by atoms with Gasteiger partial charge in [-0.25, -0.2) is 8.78 Å². The van der Waals surface area contributed by atoms with Crippen molar-refractivity contribution >= 4 is 34.4 Å². The first-order valence-corrected chi connectivity index (χ1v) is 12.5. The van der Waals surface area contributed by atoms with Crippen LogP contribution in [0.25, 0.3) is 0 Å². The second-order valence-corrected chi connectivity index (χ2v) is 10.3. The summed E-state index contributed by atoms with van der Waals surface area (Å²) in [7, 11) is 1.73. The molecule has 1 heterocycles. The van der Waals surface area contributed by atoms with Crippen molar-refractivity contribution in [2.45, 2.75) is 38.1 Å². The van der Waals surface area contributed by atoms with Crippen molar-refractivity contribution in [3.63, 3.8) is 0 Å². The van der Waals surface area contributed by atoms with Gasteiger partial charge in [-0.3, -0.25) is 14.5 Å². The number of benzene rings is 2. The van der Waals surface area contributed by atoms with E-state index in [9.17, 15) is 23.5 Å². The van der Waals surface area contributed by atoms with Crippen LogP contribution in [0.1, 0.15) is 18.1 Å². The van der Waals surface area contributed by atoms with Crippen molar-refractivity contribution in [3.8, 4) is 0 Å². The summed E-state index contributed by atoms with van der Waals surface area (Å²) in [4.78, 5) is 28.3. The largest absolute Gasteiger partial charge is 0.390 e. The summed E-state index contributed by atoms with van der Waals surface area (Å²) in [5.74, 6) is -1.88. The molecule has 1 fully saturated rings. The Morgan fingerprint density at radius 2 is 1.91 bits per heavy atom. The summed E-state index contributed by atoms with van der Waals surface area (Å²) in [6.07, 6.45) is -0.967. The Morgan fingerprint density at radius 1 is 1.20 bits per heavy atom. The molecular weight excluding hydrogens is 569 g/mol. The first-order valence-electron chi connectivity index (χ1n) is 11.5. The van der Waals surface area contributed by atoms with Crippen molar-refractivity contribution in [1.29, 1.82) is 0 Å². The molecule has 0 bridgehead atoms. The molecule has 10 heteroatoms. The molecule has 0 spiro atoms. The number of hydrogen-bond acceptors (Lipinski definition) is 5. The second kappa shape index (κ2) is 12.7. The molecule has 35 heavy (non-hydrogen) atoms. The fourth-order valence-corrected chi connectivity index (χ4v) is 4.71. The molecule has 0 unspecified atom stereocenters. The molecule has 1 aliphatic rings. The molecule has 2 aromatic rings. The van der Waals surface area contributed by atoms with Crippen molar-refractivity contribution in [1.82, 2.24) is 20.4 Å². The SMILES string of the molecule is C[C@H]1CN(CC(=O)N[C@@H](Cc2cc(F)cc(F)c2)[C@H](O)CNCc2cccc(I)c2)CC(=O)N1C. The highest BCUT2D eigenvalue weighted by Crippen LogP contribution is 2.13. The summed E-state index contributed by atoms with van der Waals surface area (Å²) < 4.78 is 28.6. The van der Waals surface area contributed by atoms with Crippen LogP contribution < -0.4 is 10.6 Å². The predicted molar refractivity (Wildman–Crippen MR) is 138 cm³/mol. The van der Waals surface area contributed by atoms with E-state index in [0.29, 0.717) is 18.7 Å². The summed E-state index contributed by atoms with van der Waals surface area (Å²) in [6.45, 7) is 3.26. The fraction of sp³-hybridized carbons (Fsp3) is 0.440. The fourth-order valence-electron chi connectivity index (χ4n) is 4.10. The molecule has 1 saturated heterocycles. The van der Waals surface area contributed by atoms with Gasteiger partial charge in [-0.05, 0) is 71.3 Å². The van der Waals surface area contributed by atoms with Gasteiger partial charge >= 0.3 is 0 Å². The van der Waals surface area contributed by atoms with Gasteiger partial charge in [-0.2, -0.15) is 0 Å². The van der Waals surface area contributed by atoms with Crippen molar-refractivity contribution < 1.29 is 23.5 Å². The molecule has 1 aliphatic heterocycles. The van der Waals surface area contributed by atoms with Gasteiger partial charge in [0.2, 0.25) is 11.8 Å². The Labute approximate surface area is 218 Å². The first kappa shape index (κ1) is 27.4. The highest BCUT2D eigenvalue weighted by atomic mass is 127. The second-order valence-electron chi connectivity index (χ2n) is 9.01. The molecular formula is C25H31F2IN4O3. The molecule has 2 amide bonds. The summed E-state index contributed by atoms with van der Waals surface area (Å²) in [6, 6.07) is 10.3. The quantitative estimate of drug-likeness (QED) is 0.363. The van der Waals surface area contributed by atoms with Crippen molar-refractivity contribution in [2.24, 2.45) is 0 Å². The maximum Gasteiger partial charge on any atom is 0.236 e. The van der Waals surface area contributed by atoms with E-state index in [2.05, 4.69) is 33.2 Å². The zero-order valence-corrected chi connectivity index (χ0v) is 22.0. The van der Waals surface area contributed by atoms with Gasteiger partial charge in [0.25, 0.3) is 0 Å². The number of rotatable bonds is 10. The average Bonchev–Trinajstić information content (AvgIpc) is 2.76. The number of nitrogens with one attached hydrogen (secondary N) is 2. The third kappa shape index (κ3) is 8.48. The minimum atomic E-state index is -1.01. The monoisotopic (exact) mass is 600 g/mol. The van der Waals surface area contributed by atoms with E-state index in [4.69, 9.17) is 0 Å². The number of carbonyl (C=O) groups excluding carboxylic acids is 2. The van der Waals surface area contributed by atoms with Crippen molar-refractivity contribution in [3.05, 3.63) is 68.8 Å². The van der Waals surface area contributed by atoms with Crippen molar-refractivity contribution in [2.75, 3.05) is 33.2 Å². The Hall–Kier alpha value is -2.15. The van der Waals surface area contributed by atoms with Crippen LogP contribution in [0.4, 0.5) is 8.78 Å². The lowest BCUT2D eigenvalue weighted by Gasteiger charge is -2.37. The van der Waals surface area contributed by atoms with Gasteiger partial charge in [0.15, 0.2) is 0 Å². The molecule has 0 radical (unpaired) electrons. The zero-order valence-electron chi connectivity index (χ0n) is 19.8. The highest BCUT2D eigenvalue weighted by Gasteiger charge is 2.29. The van der Waals surface area contributed by atoms with Crippen LogP contribution in [0, 0.1) is 15.2 Å². The average molecular weight is 600 g/mol. The number of likely N-dealkylation sites (N-methyl/N-ethyl adjacent to an activating group) is 1. The summed E-state index contributed by atoms with van der Waals surface area (Å²) in [5, 5.41) is 16.9. The molecule has 3 N–H and O–H groups in total. The van der Waals surface area contributed by atoms with E-state index >= 15 is 0 Å². The normalized spacial score (nSPS) is 18.4. The Bertz CT molecular complexity index is 1020. The Balaban J connectivity index is 1.64. The van der Waals surface area contributed by atoms with Crippen LogP contribution in [-0.4, -0.2) is 78.1 Å². The number of hydrogen-bond donors (Lipinski definition) is 3. The van der Waals surface area contributed by atoms with Gasteiger partial charge < -0.3 is 20.6 Å². The smallest absolute Gasteiger partial charge is 0.236 e. The molecule has 3 rings (SSSR count). The molecule has 190 valence electrons. The number of aliphatic hydroxyl groups is 1. The first-order chi connectivity index (χ1) is 16.6. The van der Waals surface area contributed by atoms with Crippen LogP contribution in [0.15, 0.2) is 42.5 Å². The topological polar surface area (TPSA) is 84.9 Å². The van der Waals surface area contributed by atoms with Crippen LogP contribution in [0.2, 0.25) is 0 Å². The van der Waals surface area contributed by atoms with Gasteiger partial charge in [-0.1, -0.05) is 12.1 Å². The lowest BCUT2D eigenvalue weighted by Crippen LogP contribution is -2.57. The minimum Gasteiger partial charge on any atom is -0.390 e. The zero-order chi connectivity index (χ0) is 25.5. The van der Waals surface area contributed by atoms with E-state index in [1.54, 1.807) is 16.8 Å². The molecule has 7 nitrogen and oxygen atoms in total. The number of piperazine rings is 1. The van der Waals surface area contributed by atoms with Gasteiger partial charge in [0.05, 0.1) is 25.2 Å².